The van der Waals surface area contributed by atoms with Crippen LogP contribution in [0, 0.1) is 12.8 Å². The van der Waals surface area contributed by atoms with Gasteiger partial charge in [-0.15, -0.1) is 0 Å². The van der Waals surface area contributed by atoms with E-state index in [1.807, 2.05) is 18.5 Å². The van der Waals surface area contributed by atoms with Gasteiger partial charge in [0.05, 0.1) is 11.7 Å². The van der Waals surface area contributed by atoms with E-state index < -0.39 is 0 Å². The molecule has 3 aliphatic heterocycles. The number of nitrogens with zero attached hydrogens (tertiary/aromatic N) is 4. The lowest BCUT2D eigenvalue weighted by atomic mass is 9.84. The van der Waals surface area contributed by atoms with Gasteiger partial charge in [-0.2, -0.15) is 5.10 Å². The van der Waals surface area contributed by atoms with Crippen LogP contribution in [0.15, 0.2) is 36.8 Å². The van der Waals surface area contributed by atoms with Crippen LogP contribution in [0.1, 0.15) is 41.4 Å². The first-order chi connectivity index (χ1) is 17.6. The van der Waals surface area contributed by atoms with E-state index in [0.29, 0.717) is 23.1 Å². The van der Waals surface area contributed by atoms with E-state index in [1.54, 1.807) is 6.20 Å². The molecule has 3 aromatic heterocycles. The number of amides is 1. The van der Waals surface area contributed by atoms with Crippen molar-refractivity contribution in [3.05, 3.63) is 53.6 Å². The molecule has 9 nitrogen and oxygen atoms in total. The van der Waals surface area contributed by atoms with Gasteiger partial charge >= 0.3 is 0 Å². The zero-order chi connectivity index (χ0) is 24.6. The second-order valence-electron chi connectivity index (χ2n) is 9.95. The average Bonchev–Trinajstić information content (AvgIpc) is 3.56. The van der Waals surface area contributed by atoms with Crippen molar-refractivity contribution in [2.75, 3.05) is 26.2 Å². The number of aromatic amines is 2. The van der Waals surface area contributed by atoms with Crippen LogP contribution in [0.4, 0.5) is 0 Å². The van der Waals surface area contributed by atoms with Gasteiger partial charge in [0.2, 0.25) is 0 Å². The minimum atomic E-state index is -0.104. The molecule has 1 amide bonds. The summed E-state index contributed by atoms with van der Waals surface area (Å²) in [7, 11) is 0. The largest absolute Gasteiger partial charge is 0.346 e. The summed E-state index contributed by atoms with van der Waals surface area (Å²) in [6.45, 7) is 9.17. The van der Waals surface area contributed by atoms with Crippen LogP contribution < -0.4 is 10.6 Å². The van der Waals surface area contributed by atoms with Crippen molar-refractivity contribution in [1.29, 1.82) is 0 Å². The monoisotopic (exact) mass is 484 g/mol. The molecule has 6 heterocycles. The smallest absolute Gasteiger partial charge is 0.269 e. The fourth-order valence-electron chi connectivity index (χ4n) is 5.59. The van der Waals surface area contributed by atoms with E-state index in [1.165, 1.54) is 11.1 Å². The van der Waals surface area contributed by atoms with E-state index in [-0.39, 0.29) is 11.9 Å². The van der Waals surface area contributed by atoms with Gasteiger partial charge in [0, 0.05) is 42.5 Å². The maximum Gasteiger partial charge on any atom is 0.269 e. The van der Waals surface area contributed by atoms with Crippen LogP contribution in [0.2, 0.25) is 0 Å². The maximum atomic E-state index is 13.0. The summed E-state index contributed by atoms with van der Waals surface area (Å²) < 4.78 is 0. The molecule has 0 saturated carbocycles. The first kappa shape index (κ1) is 22.9. The molecule has 0 unspecified atom stereocenters. The number of fused-ring (bicyclic) bond motifs is 4. The van der Waals surface area contributed by atoms with Crippen LogP contribution in [-0.4, -0.2) is 68.2 Å². The Bertz CT molecular complexity index is 1400. The summed E-state index contributed by atoms with van der Waals surface area (Å²) >= 11 is 0. The Balaban J connectivity index is 1.26. The molecular weight excluding hydrogens is 452 g/mol. The van der Waals surface area contributed by atoms with E-state index in [4.69, 9.17) is 0 Å². The van der Waals surface area contributed by atoms with Crippen LogP contribution in [0.3, 0.4) is 0 Å². The molecule has 4 N–H and O–H groups in total. The Labute approximate surface area is 210 Å². The lowest BCUT2D eigenvalue weighted by Gasteiger charge is -2.44. The minimum Gasteiger partial charge on any atom is -0.346 e. The molecule has 3 saturated heterocycles. The Morgan fingerprint density at radius 2 is 2.06 bits per heavy atom. The highest BCUT2D eigenvalue weighted by Crippen LogP contribution is 2.32. The Morgan fingerprint density at radius 3 is 2.83 bits per heavy atom. The molecule has 0 radical (unpaired) electrons. The number of hydrogen-bond donors (Lipinski definition) is 4. The zero-order valence-electron chi connectivity index (χ0n) is 20.8. The van der Waals surface area contributed by atoms with E-state index in [0.717, 1.165) is 67.6 Å². The molecule has 2 bridgehead atoms. The third kappa shape index (κ3) is 4.18. The first-order valence-corrected chi connectivity index (χ1v) is 12.8. The lowest BCUT2D eigenvalue weighted by Crippen LogP contribution is -2.57. The SMILES string of the molecule is CCNCc1cncc(-c2ccc3[nH]nc(-c4ncc(C(=O)N[C@H]5CN6CCC5CC6)[nH]4)c3c2)c1C. The molecular formula is C27H32N8O. The topological polar surface area (TPSA) is 115 Å². The third-order valence-corrected chi connectivity index (χ3v) is 7.78. The van der Waals surface area contributed by atoms with E-state index in [9.17, 15) is 4.79 Å². The van der Waals surface area contributed by atoms with Gasteiger partial charge in [-0.3, -0.25) is 14.9 Å². The predicted molar refractivity (Wildman–Crippen MR) is 139 cm³/mol. The van der Waals surface area contributed by atoms with Crippen molar-refractivity contribution in [1.82, 2.24) is 40.7 Å². The number of carbonyl (C=O) groups is 1. The summed E-state index contributed by atoms with van der Waals surface area (Å²) in [4.78, 5) is 27.6. The van der Waals surface area contributed by atoms with Crippen molar-refractivity contribution in [3.8, 4) is 22.6 Å². The standard InChI is InChI=1S/C27H32N8O/c1-3-28-11-19-12-29-13-21(16(19)2)18-4-5-22-20(10-18)25(34-33-22)26-30-14-23(31-26)27(36)32-24-15-35-8-6-17(24)7-9-35/h4-5,10,12-14,17,24,28H,3,6-9,11,15H2,1-2H3,(H,30,31)(H,32,36)(H,33,34)/t24-/m0/s1. The molecule has 3 aliphatic rings. The third-order valence-electron chi connectivity index (χ3n) is 7.78. The van der Waals surface area contributed by atoms with Crippen molar-refractivity contribution >= 4 is 16.8 Å². The fourth-order valence-corrected chi connectivity index (χ4v) is 5.59. The molecule has 7 rings (SSSR count). The molecule has 36 heavy (non-hydrogen) atoms. The number of nitrogens with one attached hydrogen (secondary N) is 4. The Morgan fingerprint density at radius 1 is 1.19 bits per heavy atom. The van der Waals surface area contributed by atoms with Crippen LogP contribution in [0.5, 0.6) is 0 Å². The van der Waals surface area contributed by atoms with Crippen molar-refractivity contribution in [2.24, 2.45) is 5.92 Å². The summed E-state index contributed by atoms with van der Waals surface area (Å²) in [6.07, 6.45) is 7.76. The maximum absolute atomic E-state index is 13.0. The van der Waals surface area contributed by atoms with Gasteiger partial charge in [0.1, 0.15) is 11.4 Å². The second-order valence-corrected chi connectivity index (χ2v) is 9.95. The molecule has 0 aliphatic carbocycles. The van der Waals surface area contributed by atoms with E-state index >= 15 is 0 Å². The Hall–Kier alpha value is -3.56. The molecule has 186 valence electrons. The summed E-state index contributed by atoms with van der Waals surface area (Å²) in [5, 5.41) is 15.2. The second kappa shape index (κ2) is 9.48. The van der Waals surface area contributed by atoms with Crippen molar-refractivity contribution in [3.63, 3.8) is 0 Å². The number of aromatic nitrogens is 5. The lowest BCUT2D eigenvalue weighted by molar-refractivity contribution is 0.0618. The number of piperidine rings is 3. The van der Waals surface area contributed by atoms with Gasteiger partial charge < -0.3 is 20.5 Å². The van der Waals surface area contributed by atoms with Gasteiger partial charge in [0.15, 0.2) is 5.82 Å². The van der Waals surface area contributed by atoms with Gasteiger partial charge in [-0.25, -0.2) is 4.98 Å². The molecule has 9 heteroatoms. The summed E-state index contributed by atoms with van der Waals surface area (Å²) in [5.41, 5.74) is 6.63. The summed E-state index contributed by atoms with van der Waals surface area (Å²) in [5.74, 6) is 1.05. The van der Waals surface area contributed by atoms with Crippen molar-refractivity contribution < 1.29 is 4.79 Å². The average molecular weight is 485 g/mol. The van der Waals surface area contributed by atoms with Crippen LogP contribution in [0.25, 0.3) is 33.5 Å². The van der Waals surface area contributed by atoms with Crippen LogP contribution >= 0.6 is 0 Å². The number of carbonyl (C=O) groups excluding carboxylic acids is 1. The van der Waals surface area contributed by atoms with Gasteiger partial charge in [-0.1, -0.05) is 13.0 Å². The molecule has 1 atom stereocenters. The minimum absolute atomic E-state index is 0.104. The number of benzene rings is 1. The number of pyridine rings is 1. The predicted octanol–water partition coefficient (Wildman–Crippen LogP) is 3.26. The number of H-pyrrole nitrogens is 2. The molecule has 0 spiro atoms. The first-order valence-electron chi connectivity index (χ1n) is 12.8. The Kier molecular flexibility index (Phi) is 6.02. The van der Waals surface area contributed by atoms with Crippen molar-refractivity contribution in [2.45, 2.75) is 39.3 Å². The highest BCUT2D eigenvalue weighted by atomic mass is 16.2. The number of rotatable bonds is 7. The molecule has 3 fully saturated rings. The quantitative estimate of drug-likeness (QED) is 0.320. The number of hydrogen-bond acceptors (Lipinski definition) is 6. The summed E-state index contributed by atoms with van der Waals surface area (Å²) in [6, 6.07) is 6.44. The fraction of sp³-hybridized carbons (Fsp3) is 0.407. The van der Waals surface area contributed by atoms with E-state index in [2.05, 4.69) is 66.7 Å². The van der Waals surface area contributed by atoms with Crippen LogP contribution in [-0.2, 0) is 6.54 Å². The highest BCUT2D eigenvalue weighted by molar-refractivity contribution is 5.96. The highest BCUT2D eigenvalue weighted by Gasteiger charge is 2.35. The normalized spacial score (nSPS) is 21.2. The number of imidazole rings is 1. The molecule has 4 aromatic rings. The zero-order valence-corrected chi connectivity index (χ0v) is 20.8. The van der Waals surface area contributed by atoms with Gasteiger partial charge in [0.25, 0.3) is 5.91 Å². The van der Waals surface area contributed by atoms with Gasteiger partial charge in [-0.05, 0) is 74.1 Å². The molecule has 1 aromatic carbocycles.